The molecule has 1 aliphatic heterocycles. The molecule has 2 aromatic rings. The van der Waals surface area contributed by atoms with E-state index < -0.39 is 61.2 Å². The molecule has 0 saturated carbocycles. The lowest BCUT2D eigenvalue weighted by Crippen LogP contribution is -2.36. The number of benzene rings is 2. The number of likely N-dealkylation sites (tertiary alicyclic amines) is 1. The summed E-state index contributed by atoms with van der Waals surface area (Å²) >= 11 is 0. The minimum Gasteiger partial charge on any atom is -0.493 e. The molecule has 1 heterocycles. The van der Waals surface area contributed by atoms with E-state index in [1.54, 1.807) is 4.72 Å². The van der Waals surface area contributed by atoms with Crippen LogP contribution in [0.1, 0.15) is 40.0 Å². The Bertz CT molecular complexity index is 1160. The van der Waals surface area contributed by atoms with Crippen LogP contribution in [-0.2, 0) is 10.0 Å². The number of halogens is 2. The van der Waals surface area contributed by atoms with Crippen LogP contribution in [-0.4, -0.2) is 57.6 Å². The van der Waals surface area contributed by atoms with Crippen molar-refractivity contribution in [2.75, 3.05) is 32.0 Å². The van der Waals surface area contributed by atoms with Crippen molar-refractivity contribution in [2.45, 2.75) is 24.2 Å². The summed E-state index contributed by atoms with van der Waals surface area (Å²) < 4.78 is 67.9. The monoisotopic (exact) mass is 484 g/mol. The Morgan fingerprint density at radius 1 is 1.03 bits per heavy atom. The van der Waals surface area contributed by atoms with E-state index in [1.165, 1.54) is 11.0 Å². The number of amides is 1. The molecule has 0 radical (unpaired) electrons. The average Bonchev–Trinajstić information content (AvgIpc) is 2.81. The number of carboxylic acids is 1. The van der Waals surface area contributed by atoms with Gasteiger partial charge >= 0.3 is 5.97 Å². The minimum absolute atomic E-state index is 0.337. The number of aromatic carboxylic acids is 1. The Hall–Kier alpha value is -3.41. The van der Waals surface area contributed by atoms with Crippen molar-refractivity contribution in [3.63, 3.8) is 0 Å². The predicted molar refractivity (Wildman–Crippen MR) is 113 cm³/mol. The number of methoxy groups -OCH3 is 2. The second-order valence-corrected chi connectivity index (χ2v) is 8.92. The molecule has 2 N–H and O–H groups in total. The fourth-order valence-corrected chi connectivity index (χ4v) is 4.66. The summed E-state index contributed by atoms with van der Waals surface area (Å²) in [6.07, 6.45) is 2.38. The van der Waals surface area contributed by atoms with E-state index in [4.69, 9.17) is 14.6 Å². The zero-order chi connectivity index (χ0) is 24.3. The fourth-order valence-electron chi connectivity index (χ4n) is 3.56. The van der Waals surface area contributed by atoms with Gasteiger partial charge in [0.1, 0.15) is 11.3 Å². The Balaban J connectivity index is 2.11. The van der Waals surface area contributed by atoms with Crippen LogP contribution in [0.5, 0.6) is 11.5 Å². The van der Waals surface area contributed by atoms with Gasteiger partial charge in [0.2, 0.25) is 0 Å². The van der Waals surface area contributed by atoms with E-state index in [-0.39, 0.29) is 5.56 Å². The van der Waals surface area contributed by atoms with Crippen LogP contribution in [0.3, 0.4) is 0 Å². The van der Waals surface area contributed by atoms with Gasteiger partial charge in [-0.25, -0.2) is 22.0 Å². The zero-order valence-electron chi connectivity index (χ0n) is 17.9. The highest BCUT2D eigenvalue weighted by Crippen LogP contribution is 2.41. The normalized spacial score (nSPS) is 14.0. The standard InChI is InChI=1S/C21H22F2N2O7S/c1-31-18-14(20(26)25-9-4-3-5-10-25)19(32-2)16(23)17(15(18)22)24-33(29,30)13-8-6-7-12(11-13)21(27)28/h6-8,11,24H,3-5,9-10H2,1-2H3,(H,27,28). The van der Waals surface area contributed by atoms with E-state index in [9.17, 15) is 18.0 Å². The maximum atomic E-state index is 15.3. The van der Waals surface area contributed by atoms with Gasteiger partial charge in [-0.05, 0) is 37.5 Å². The first-order chi connectivity index (χ1) is 15.6. The summed E-state index contributed by atoms with van der Waals surface area (Å²) in [5.74, 6) is -6.34. The van der Waals surface area contributed by atoms with Gasteiger partial charge in [0.25, 0.3) is 15.9 Å². The van der Waals surface area contributed by atoms with Crippen molar-refractivity contribution in [2.24, 2.45) is 0 Å². The largest absolute Gasteiger partial charge is 0.493 e. The number of piperidine rings is 1. The Morgan fingerprint density at radius 3 is 2.12 bits per heavy atom. The topological polar surface area (TPSA) is 122 Å². The van der Waals surface area contributed by atoms with E-state index in [0.29, 0.717) is 13.1 Å². The number of nitrogens with one attached hydrogen (secondary N) is 1. The Morgan fingerprint density at radius 2 is 1.61 bits per heavy atom. The van der Waals surface area contributed by atoms with Crippen LogP contribution >= 0.6 is 0 Å². The zero-order valence-corrected chi connectivity index (χ0v) is 18.7. The van der Waals surface area contributed by atoms with Crippen molar-refractivity contribution in [3.8, 4) is 11.5 Å². The molecule has 12 heteroatoms. The molecule has 0 unspecified atom stereocenters. The molecule has 1 saturated heterocycles. The average molecular weight is 484 g/mol. The molecule has 1 aliphatic rings. The lowest BCUT2D eigenvalue weighted by atomic mass is 10.1. The number of sulfonamides is 1. The number of nitrogens with zero attached hydrogens (tertiary/aromatic N) is 1. The molecule has 0 aliphatic carbocycles. The Kier molecular flexibility index (Phi) is 7.06. The van der Waals surface area contributed by atoms with Crippen molar-refractivity contribution < 1.29 is 41.4 Å². The second kappa shape index (κ2) is 9.61. The van der Waals surface area contributed by atoms with E-state index in [0.717, 1.165) is 51.7 Å². The van der Waals surface area contributed by atoms with Crippen molar-refractivity contribution >= 4 is 27.6 Å². The van der Waals surface area contributed by atoms with Gasteiger partial charge in [-0.2, -0.15) is 0 Å². The minimum atomic E-state index is -4.62. The highest BCUT2D eigenvalue weighted by molar-refractivity contribution is 7.92. The second-order valence-electron chi connectivity index (χ2n) is 7.24. The number of carboxylic acid groups (broad SMARTS) is 1. The first kappa shape index (κ1) is 24.2. The third-order valence-electron chi connectivity index (χ3n) is 5.18. The van der Waals surface area contributed by atoms with E-state index in [1.807, 2.05) is 0 Å². The van der Waals surface area contributed by atoms with Crippen molar-refractivity contribution in [1.29, 1.82) is 0 Å². The molecular weight excluding hydrogens is 462 g/mol. The van der Waals surface area contributed by atoms with Gasteiger partial charge in [-0.1, -0.05) is 6.07 Å². The fraction of sp³-hybridized carbons (Fsp3) is 0.333. The van der Waals surface area contributed by atoms with Gasteiger partial charge in [-0.3, -0.25) is 9.52 Å². The number of carbonyl (C=O) groups is 2. The van der Waals surface area contributed by atoms with Crippen LogP contribution < -0.4 is 14.2 Å². The van der Waals surface area contributed by atoms with Crippen LogP contribution in [0, 0.1) is 11.6 Å². The third kappa shape index (κ3) is 4.70. The molecular formula is C21H22F2N2O7S. The van der Waals surface area contributed by atoms with Crippen LogP contribution in [0.4, 0.5) is 14.5 Å². The van der Waals surface area contributed by atoms with Crippen LogP contribution in [0.25, 0.3) is 0 Å². The first-order valence-electron chi connectivity index (χ1n) is 9.90. The molecule has 0 aromatic heterocycles. The molecule has 2 aromatic carbocycles. The van der Waals surface area contributed by atoms with Gasteiger partial charge in [0.05, 0.1) is 24.7 Å². The molecule has 0 spiro atoms. The number of hydrogen-bond acceptors (Lipinski definition) is 6. The molecule has 1 fully saturated rings. The quantitative estimate of drug-likeness (QED) is 0.619. The van der Waals surface area contributed by atoms with Gasteiger partial charge in [0.15, 0.2) is 23.1 Å². The number of hydrogen-bond donors (Lipinski definition) is 2. The summed E-state index contributed by atoms with van der Waals surface area (Å²) in [6, 6.07) is 4.23. The van der Waals surface area contributed by atoms with Gasteiger partial charge in [-0.15, -0.1) is 0 Å². The summed E-state index contributed by atoms with van der Waals surface area (Å²) in [5.41, 5.74) is -1.95. The van der Waals surface area contributed by atoms with Crippen molar-refractivity contribution in [1.82, 2.24) is 4.90 Å². The number of anilines is 1. The molecule has 1 amide bonds. The molecule has 0 bridgehead atoms. The van der Waals surface area contributed by atoms with E-state index in [2.05, 4.69) is 0 Å². The lowest BCUT2D eigenvalue weighted by Gasteiger charge is -2.28. The lowest BCUT2D eigenvalue weighted by molar-refractivity contribution is 0.0693. The summed E-state index contributed by atoms with van der Waals surface area (Å²) in [6.45, 7) is 0.783. The molecule has 3 rings (SSSR count). The van der Waals surface area contributed by atoms with E-state index >= 15 is 8.78 Å². The molecule has 9 nitrogen and oxygen atoms in total. The summed E-state index contributed by atoms with van der Waals surface area (Å²) in [5, 5.41) is 9.08. The highest BCUT2D eigenvalue weighted by atomic mass is 32.2. The predicted octanol–water partition coefficient (Wildman–Crippen LogP) is 3.11. The molecule has 33 heavy (non-hydrogen) atoms. The summed E-state index contributed by atoms with van der Waals surface area (Å²) in [7, 11) is -2.51. The van der Waals surface area contributed by atoms with Gasteiger partial charge in [0, 0.05) is 13.1 Å². The third-order valence-corrected chi connectivity index (χ3v) is 6.53. The van der Waals surface area contributed by atoms with Crippen LogP contribution in [0.15, 0.2) is 29.2 Å². The number of rotatable bonds is 7. The number of ether oxygens (including phenoxy) is 2. The smallest absolute Gasteiger partial charge is 0.335 e. The maximum absolute atomic E-state index is 15.3. The van der Waals surface area contributed by atoms with Crippen LogP contribution in [0.2, 0.25) is 0 Å². The first-order valence-corrected chi connectivity index (χ1v) is 11.4. The summed E-state index contributed by atoms with van der Waals surface area (Å²) in [4.78, 5) is 25.0. The SMILES string of the molecule is COc1c(F)c(NS(=O)(=O)c2cccc(C(=O)O)c2)c(F)c(OC)c1C(=O)N1CCCCC1. The Labute approximate surface area is 189 Å². The van der Waals surface area contributed by atoms with Crippen molar-refractivity contribution in [3.05, 3.63) is 47.0 Å². The molecule has 178 valence electrons. The maximum Gasteiger partial charge on any atom is 0.335 e. The number of carbonyl (C=O) groups excluding carboxylic acids is 1. The highest BCUT2D eigenvalue weighted by Gasteiger charge is 2.34. The molecule has 0 atom stereocenters. The van der Waals surface area contributed by atoms with Gasteiger partial charge < -0.3 is 19.5 Å².